The van der Waals surface area contributed by atoms with E-state index in [1.807, 2.05) is 32.0 Å². The van der Waals surface area contributed by atoms with Crippen LogP contribution in [0.3, 0.4) is 0 Å². The van der Waals surface area contributed by atoms with Gasteiger partial charge in [0.25, 0.3) is 0 Å². The van der Waals surface area contributed by atoms with Gasteiger partial charge in [0.1, 0.15) is 17.4 Å². The van der Waals surface area contributed by atoms with Crippen molar-refractivity contribution in [2.24, 2.45) is 5.92 Å². The van der Waals surface area contributed by atoms with Gasteiger partial charge < -0.3 is 10.2 Å². The van der Waals surface area contributed by atoms with Gasteiger partial charge in [-0.15, -0.1) is 5.10 Å². The van der Waals surface area contributed by atoms with Crippen LogP contribution >= 0.6 is 0 Å². The zero-order valence-corrected chi connectivity index (χ0v) is 16.9. The van der Waals surface area contributed by atoms with Crippen LogP contribution in [0.5, 0.6) is 0 Å². The maximum absolute atomic E-state index is 14.2. The fraction of sp³-hybridized carbons (Fsp3) is 0.286. The van der Waals surface area contributed by atoms with E-state index < -0.39 is 17.6 Å². The largest absolute Gasteiger partial charge is 0.325 e. The van der Waals surface area contributed by atoms with E-state index >= 15 is 0 Å². The average Bonchev–Trinajstić information content (AvgIpc) is 3.31. The highest BCUT2D eigenvalue weighted by Gasteiger charge is 2.37. The van der Waals surface area contributed by atoms with Crippen LogP contribution in [0.15, 0.2) is 36.4 Å². The Labute approximate surface area is 172 Å². The fourth-order valence-corrected chi connectivity index (χ4v) is 3.51. The number of carbonyl (C=O) groups is 2. The van der Waals surface area contributed by atoms with Crippen LogP contribution in [0.1, 0.15) is 23.4 Å². The molecule has 1 aliphatic rings. The van der Waals surface area contributed by atoms with Crippen LogP contribution in [0, 0.1) is 32.5 Å². The van der Waals surface area contributed by atoms with E-state index in [1.165, 1.54) is 22.9 Å². The van der Waals surface area contributed by atoms with Crippen molar-refractivity contribution < 1.29 is 14.0 Å². The van der Waals surface area contributed by atoms with Gasteiger partial charge >= 0.3 is 0 Å². The molecule has 154 valence electrons. The Morgan fingerprint density at radius 3 is 2.63 bits per heavy atom. The quantitative estimate of drug-likeness (QED) is 0.670. The van der Waals surface area contributed by atoms with E-state index in [0.29, 0.717) is 24.5 Å². The summed E-state index contributed by atoms with van der Waals surface area (Å²) in [5, 5.41) is 13.7. The Bertz CT molecular complexity index is 1140. The second kappa shape index (κ2) is 7.66. The van der Waals surface area contributed by atoms with Crippen LogP contribution in [0.25, 0.3) is 5.69 Å². The van der Waals surface area contributed by atoms with Crippen LogP contribution in [-0.4, -0.2) is 38.6 Å². The smallest absolute Gasteiger partial charge is 0.239 e. The number of anilines is 2. The summed E-state index contributed by atoms with van der Waals surface area (Å²) in [6, 6.07) is 9.92. The standard InChI is InChI=1S/C21H21FN6O2/c1-12-4-6-16(10-13(12)2)27-9-8-17(21(27)30)20(29)23-15-5-7-18(22)19(11-15)28-14(3)24-25-26-28/h4-7,10-11,17H,8-9H2,1-3H3,(H,23,29). The van der Waals surface area contributed by atoms with E-state index in [1.54, 1.807) is 11.8 Å². The molecule has 4 rings (SSSR count). The first kappa shape index (κ1) is 19.7. The molecule has 1 atom stereocenters. The van der Waals surface area contributed by atoms with E-state index in [-0.39, 0.29) is 11.6 Å². The molecule has 1 saturated heterocycles. The molecule has 1 fully saturated rings. The van der Waals surface area contributed by atoms with Gasteiger partial charge in [0, 0.05) is 17.9 Å². The minimum absolute atomic E-state index is 0.116. The second-order valence-corrected chi connectivity index (χ2v) is 7.39. The summed E-state index contributed by atoms with van der Waals surface area (Å²) in [5.74, 6) is -1.57. The first-order valence-electron chi connectivity index (χ1n) is 9.59. The van der Waals surface area contributed by atoms with Gasteiger partial charge in [-0.05, 0) is 79.1 Å². The molecule has 2 heterocycles. The molecule has 0 spiro atoms. The van der Waals surface area contributed by atoms with Gasteiger partial charge in [0.15, 0.2) is 5.82 Å². The van der Waals surface area contributed by atoms with Crippen molar-refractivity contribution in [2.45, 2.75) is 27.2 Å². The molecular formula is C21H21FN6O2. The molecular weight excluding hydrogens is 387 g/mol. The molecule has 30 heavy (non-hydrogen) atoms. The SMILES string of the molecule is Cc1ccc(N2CCC(C(=O)Nc3ccc(F)c(-n4nnnc4C)c3)C2=O)cc1C. The monoisotopic (exact) mass is 408 g/mol. The topological polar surface area (TPSA) is 93.0 Å². The number of nitrogens with one attached hydrogen (secondary N) is 1. The fourth-order valence-electron chi connectivity index (χ4n) is 3.51. The summed E-state index contributed by atoms with van der Waals surface area (Å²) in [6.07, 6.45) is 0.414. The normalized spacial score (nSPS) is 16.2. The maximum Gasteiger partial charge on any atom is 0.239 e. The Morgan fingerprint density at radius 1 is 1.13 bits per heavy atom. The van der Waals surface area contributed by atoms with Crippen molar-refractivity contribution in [3.8, 4) is 5.69 Å². The molecule has 0 radical (unpaired) electrons. The van der Waals surface area contributed by atoms with Gasteiger partial charge in [-0.3, -0.25) is 9.59 Å². The van der Waals surface area contributed by atoms with Crippen molar-refractivity contribution in [3.05, 3.63) is 59.2 Å². The van der Waals surface area contributed by atoms with Crippen molar-refractivity contribution in [2.75, 3.05) is 16.8 Å². The third-order valence-electron chi connectivity index (χ3n) is 5.39. The predicted octanol–water partition coefficient (Wildman–Crippen LogP) is 2.72. The highest BCUT2D eigenvalue weighted by Crippen LogP contribution is 2.28. The van der Waals surface area contributed by atoms with Crippen molar-refractivity contribution in [1.82, 2.24) is 20.2 Å². The number of benzene rings is 2. The Balaban J connectivity index is 1.51. The minimum Gasteiger partial charge on any atom is -0.325 e. The summed E-state index contributed by atoms with van der Waals surface area (Å²) in [4.78, 5) is 27.3. The highest BCUT2D eigenvalue weighted by molar-refractivity contribution is 6.13. The number of nitrogens with zero attached hydrogens (tertiary/aromatic N) is 5. The zero-order valence-electron chi connectivity index (χ0n) is 16.9. The Morgan fingerprint density at radius 2 is 1.93 bits per heavy atom. The predicted molar refractivity (Wildman–Crippen MR) is 109 cm³/mol. The number of halogens is 1. The van der Waals surface area contributed by atoms with E-state index in [2.05, 4.69) is 20.8 Å². The average molecular weight is 408 g/mol. The lowest BCUT2D eigenvalue weighted by atomic mass is 10.1. The number of rotatable bonds is 4. The lowest BCUT2D eigenvalue weighted by Gasteiger charge is -2.18. The molecule has 2 amide bonds. The molecule has 1 unspecified atom stereocenters. The summed E-state index contributed by atoms with van der Waals surface area (Å²) in [6.45, 7) is 6.11. The minimum atomic E-state index is -0.796. The number of carbonyl (C=O) groups excluding carboxylic acids is 2. The molecule has 1 N–H and O–H groups in total. The number of hydrogen-bond donors (Lipinski definition) is 1. The van der Waals surface area contributed by atoms with Crippen LogP contribution in [0.2, 0.25) is 0 Å². The Kier molecular flexibility index (Phi) is 5.03. The van der Waals surface area contributed by atoms with Gasteiger partial charge in [-0.1, -0.05) is 6.07 Å². The van der Waals surface area contributed by atoms with Gasteiger partial charge in [-0.2, -0.15) is 4.68 Å². The van der Waals surface area contributed by atoms with Gasteiger partial charge in [0.2, 0.25) is 11.8 Å². The number of amides is 2. The second-order valence-electron chi connectivity index (χ2n) is 7.39. The lowest BCUT2D eigenvalue weighted by Crippen LogP contribution is -2.33. The van der Waals surface area contributed by atoms with Gasteiger partial charge in [0.05, 0.1) is 0 Å². The molecule has 2 aromatic carbocycles. The molecule has 9 heteroatoms. The summed E-state index contributed by atoms with van der Waals surface area (Å²) in [5.41, 5.74) is 3.50. The molecule has 0 bridgehead atoms. The highest BCUT2D eigenvalue weighted by atomic mass is 19.1. The molecule has 0 aliphatic carbocycles. The summed E-state index contributed by atoms with van der Waals surface area (Å²) in [7, 11) is 0. The molecule has 0 saturated carbocycles. The molecule has 1 aromatic heterocycles. The first-order chi connectivity index (χ1) is 14.3. The van der Waals surface area contributed by atoms with Crippen LogP contribution in [0.4, 0.5) is 15.8 Å². The molecule has 1 aliphatic heterocycles. The number of aryl methyl sites for hydroxylation is 3. The summed E-state index contributed by atoms with van der Waals surface area (Å²) < 4.78 is 15.5. The molecule has 3 aromatic rings. The van der Waals surface area contributed by atoms with Crippen molar-refractivity contribution in [3.63, 3.8) is 0 Å². The van der Waals surface area contributed by atoms with Crippen molar-refractivity contribution in [1.29, 1.82) is 0 Å². The summed E-state index contributed by atoms with van der Waals surface area (Å²) >= 11 is 0. The van der Waals surface area contributed by atoms with Crippen LogP contribution < -0.4 is 10.2 Å². The lowest BCUT2D eigenvalue weighted by molar-refractivity contribution is -0.129. The number of tetrazole rings is 1. The van der Waals surface area contributed by atoms with E-state index in [0.717, 1.165) is 16.8 Å². The van der Waals surface area contributed by atoms with Crippen molar-refractivity contribution >= 4 is 23.2 Å². The third-order valence-corrected chi connectivity index (χ3v) is 5.39. The number of hydrogen-bond acceptors (Lipinski definition) is 5. The van der Waals surface area contributed by atoms with E-state index in [4.69, 9.17) is 0 Å². The molecule has 8 nitrogen and oxygen atoms in total. The maximum atomic E-state index is 14.2. The zero-order chi connectivity index (χ0) is 21.4. The first-order valence-corrected chi connectivity index (χ1v) is 9.59. The van der Waals surface area contributed by atoms with Crippen LogP contribution in [-0.2, 0) is 9.59 Å². The Hall–Kier alpha value is -3.62. The van der Waals surface area contributed by atoms with E-state index in [9.17, 15) is 14.0 Å². The third kappa shape index (κ3) is 3.54. The number of aromatic nitrogens is 4. The van der Waals surface area contributed by atoms with Gasteiger partial charge in [-0.25, -0.2) is 4.39 Å².